The van der Waals surface area contributed by atoms with Crippen molar-refractivity contribution in [2.45, 2.75) is 32.2 Å². The van der Waals surface area contributed by atoms with E-state index in [1.165, 1.54) is 6.92 Å². The highest BCUT2D eigenvalue weighted by Crippen LogP contribution is 2.30. The second-order valence-corrected chi connectivity index (χ2v) is 3.59. The van der Waals surface area contributed by atoms with Gasteiger partial charge in [0.25, 0.3) is 0 Å². The van der Waals surface area contributed by atoms with Crippen LogP contribution >= 0.6 is 0 Å². The van der Waals surface area contributed by atoms with E-state index in [1.807, 2.05) is 0 Å². The molecule has 0 heterocycles. The summed E-state index contributed by atoms with van der Waals surface area (Å²) in [5.74, 6) is -0.245. The van der Waals surface area contributed by atoms with Crippen LogP contribution in [0.25, 0.3) is 0 Å². The van der Waals surface area contributed by atoms with Crippen LogP contribution in [0.4, 0.5) is 0 Å². The van der Waals surface area contributed by atoms with E-state index in [4.69, 9.17) is 0 Å². The number of Topliss-reactive ketones (excluding diaryl/α,β-unsaturated/α-hetero) is 1. The quantitative estimate of drug-likeness (QED) is 0.489. The van der Waals surface area contributed by atoms with E-state index >= 15 is 0 Å². The minimum Gasteiger partial charge on any atom is -0.303 e. The van der Waals surface area contributed by atoms with E-state index in [0.29, 0.717) is 19.3 Å². The van der Waals surface area contributed by atoms with E-state index < -0.39 is 6.04 Å². The van der Waals surface area contributed by atoms with Crippen molar-refractivity contribution >= 4 is 12.1 Å². The van der Waals surface area contributed by atoms with Gasteiger partial charge in [-0.2, -0.15) is 4.91 Å². The first kappa shape index (κ1) is 10.0. The van der Waals surface area contributed by atoms with Gasteiger partial charge in [-0.05, 0) is 26.2 Å². The molecule has 0 aromatic heterocycles. The predicted octanol–water partition coefficient (Wildman–Crippen LogP) is 1.33. The molecular formula is C9H13NO3. The van der Waals surface area contributed by atoms with Crippen LogP contribution in [-0.2, 0) is 9.59 Å². The molecule has 4 nitrogen and oxygen atoms in total. The van der Waals surface area contributed by atoms with Crippen LogP contribution < -0.4 is 0 Å². The lowest BCUT2D eigenvalue weighted by Crippen LogP contribution is -2.31. The molecule has 0 N–H and O–H groups in total. The Kier molecular flexibility index (Phi) is 3.28. The minimum atomic E-state index is -0.486. The van der Waals surface area contributed by atoms with Crippen molar-refractivity contribution in [3.63, 3.8) is 0 Å². The summed E-state index contributed by atoms with van der Waals surface area (Å²) < 4.78 is 0. The molecule has 1 aliphatic rings. The molecule has 1 aliphatic carbocycles. The van der Waals surface area contributed by atoms with Gasteiger partial charge in [-0.3, -0.25) is 4.79 Å². The van der Waals surface area contributed by atoms with Crippen LogP contribution in [-0.4, -0.2) is 18.1 Å². The van der Waals surface area contributed by atoms with Gasteiger partial charge in [0.05, 0.1) is 0 Å². The molecule has 0 aromatic carbocycles. The molecule has 1 saturated carbocycles. The Bertz CT molecular complexity index is 227. The van der Waals surface area contributed by atoms with Gasteiger partial charge in [0.2, 0.25) is 0 Å². The predicted molar refractivity (Wildman–Crippen MR) is 47.2 cm³/mol. The summed E-state index contributed by atoms with van der Waals surface area (Å²) in [6.07, 6.45) is 2.56. The van der Waals surface area contributed by atoms with E-state index in [2.05, 4.69) is 5.18 Å². The van der Waals surface area contributed by atoms with Gasteiger partial charge in [-0.25, -0.2) is 0 Å². The van der Waals surface area contributed by atoms with Gasteiger partial charge in [0.1, 0.15) is 18.1 Å². The fourth-order valence-corrected chi connectivity index (χ4v) is 1.82. The number of carbonyl (C=O) groups excluding carboxylic acids is 2. The number of carbonyl (C=O) groups is 2. The summed E-state index contributed by atoms with van der Waals surface area (Å²) in [4.78, 5) is 31.9. The lowest BCUT2D eigenvalue weighted by Gasteiger charge is -2.27. The molecule has 0 saturated heterocycles. The summed E-state index contributed by atoms with van der Waals surface area (Å²) in [7, 11) is 0. The van der Waals surface area contributed by atoms with Crippen LogP contribution in [0, 0.1) is 16.7 Å². The number of nitrogens with zero attached hydrogens (tertiary/aromatic N) is 1. The Labute approximate surface area is 76.7 Å². The van der Waals surface area contributed by atoms with Crippen LogP contribution in [0.3, 0.4) is 0 Å². The molecule has 0 radical (unpaired) electrons. The van der Waals surface area contributed by atoms with E-state index in [0.717, 1.165) is 6.29 Å². The molecule has 3 atom stereocenters. The topological polar surface area (TPSA) is 63.6 Å². The van der Waals surface area contributed by atoms with Gasteiger partial charge in [-0.1, -0.05) is 5.18 Å². The first-order valence-corrected chi connectivity index (χ1v) is 4.47. The third kappa shape index (κ3) is 2.20. The molecule has 0 aliphatic heterocycles. The van der Waals surface area contributed by atoms with Crippen LogP contribution in [0.1, 0.15) is 26.2 Å². The summed E-state index contributed by atoms with van der Waals surface area (Å²) in [5.41, 5.74) is 0. The van der Waals surface area contributed by atoms with Crippen molar-refractivity contribution in [1.29, 1.82) is 0 Å². The van der Waals surface area contributed by atoms with Crippen LogP contribution in [0.15, 0.2) is 5.18 Å². The number of hydrogen-bond acceptors (Lipinski definition) is 4. The third-order valence-electron chi connectivity index (χ3n) is 2.75. The lowest BCUT2D eigenvalue weighted by molar-refractivity contribution is -0.123. The monoisotopic (exact) mass is 183 g/mol. The van der Waals surface area contributed by atoms with Gasteiger partial charge >= 0.3 is 0 Å². The zero-order chi connectivity index (χ0) is 9.84. The van der Waals surface area contributed by atoms with E-state index in [-0.39, 0.29) is 17.6 Å². The largest absolute Gasteiger partial charge is 0.303 e. The number of ketones is 1. The SMILES string of the molecule is CC(=O)C1CCC(C=O)C(N=O)C1. The standard InChI is InChI=1S/C9H13NO3/c1-6(12)7-2-3-8(5-11)9(4-7)10-13/h5,7-9H,2-4H2,1H3. The van der Waals surface area contributed by atoms with Gasteiger partial charge in [0.15, 0.2) is 0 Å². The maximum absolute atomic E-state index is 11.0. The van der Waals surface area contributed by atoms with Gasteiger partial charge in [-0.15, -0.1) is 0 Å². The fourth-order valence-electron chi connectivity index (χ4n) is 1.82. The second kappa shape index (κ2) is 4.25. The molecule has 0 amide bonds. The Balaban J connectivity index is 2.62. The van der Waals surface area contributed by atoms with Crippen molar-refractivity contribution in [3.05, 3.63) is 4.91 Å². The van der Waals surface area contributed by atoms with Crippen molar-refractivity contribution in [2.75, 3.05) is 0 Å². The first-order chi connectivity index (χ1) is 6.19. The molecule has 1 fully saturated rings. The molecule has 0 aromatic rings. The number of hydrogen-bond donors (Lipinski definition) is 0. The summed E-state index contributed by atoms with van der Waals surface area (Å²) >= 11 is 0. The Morgan fingerprint density at radius 3 is 2.62 bits per heavy atom. The molecular weight excluding hydrogens is 170 g/mol. The maximum atomic E-state index is 11.0. The lowest BCUT2D eigenvalue weighted by atomic mass is 9.78. The molecule has 13 heavy (non-hydrogen) atoms. The highest BCUT2D eigenvalue weighted by atomic mass is 16.3. The molecule has 1 rings (SSSR count). The third-order valence-corrected chi connectivity index (χ3v) is 2.75. The molecule has 4 heteroatoms. The Morgan fingerprint density at radius 1 is 1.46 bits per heavy atom. The molecule has 72 valence electrons. The summed E-state index contributed by atoms with van der Waals surface area (Å²) in [6, 6.07) is -0.486. The number of aldehydes is 1. The Hall–Kier alpha value is -1.06. The van der Waals surface area contributed by atoms with Crippen molar-refractivity contribution in [3.8, 4) is 0 Å². The average Bonchev–Trinajstić information content (AvgIpc) is 2.16. The summed E-state index contributed by atoms with van der Waals surface area (Å²) in [6.45, 7) is 1.52. The van der Waals surface area contributed by atoms with Crippen LogP contribution in [0.5, 0.6) is 0 Å². The highest BCUT2D eigenvalue weighted by Gasteiger charge is 2.32. The summed E-state index contributed by atoms with van der Waals surface area (Å²) in [5, 5.41) is 2.90. The first-order valence-electron chi connectivity index (χ1n) is 4.47. The van der Waals surface area contributed by atoms with E-state index in [9.17, 15) is 14.5 Å². The van der Waals surface area contributed by atoms with Crippen molar-refractivity contribution in [1.82, 2.24) is 0 Å². The minimum absolute atomic E-state index is 0.0705. The Morgan fingerprint density at radius 2 is 2.15 bits per heavy atom. The number of nitroso groups, excluding NO2 is 1. The normalized spacial score (nSPS) is 33.8. The fraction of sp³-hybridized carbons (Fsp3) is 0.778. The van der Waals surface area contributed by atoms with Crippen molar-refractivity contribution < 1.29 is 9.59 Å². The molecule has 0 bridgehead atoms. The molecule has 3 unspecified atom stereocenters. The maximum Gasteiger partial charge on any atom is 0.132 e. The van der Waals surface area contributed by atoms with Crippen LogP contribution in [0.2, 0.25) is 0 Å². The van der Waals surface area contributed by atoms with Gasteiger partial charge < -0.3 is 4.79 Å². The zero-order valence-electron chi connectivity index (χ0n) is 7.60. The zero-order valence-corrected chi connectivity index (χ0v) is 7.60. The van der Waals surface area contributed by atoms with Gasteiger partial charge in [0, 0.05) is 11.8 Å². The molecule has 0 spiro atoms. The smallest absolute Gasteiger partial charge is 0.132 e. The number of rotatable bonds is 3. The van der Waals surface area contributed by atoms with Crippen molar-refractivity contribution in [2.24, 2.45) is 17.0 Å². The second-order valence-electron chi connectivity index (χ2n) is 3.59. The van der Waals surface area contributed by atoms with E-state index in [1.54, 1.807) is 0 Å². The highest BCUT2D eigenvalue weighted by molar-refractivity contribution is 5.78. The average molecular weight is 183 g/mol.